The maximum atomic E-state index is 9.80. The van der Waals surface area contributed by atoms with Gasteiger partial charge < -0.3 is 20.4 Å². The molecule has 146 valence electrons. The molecule has 0 unspecified atom stereocenters. The van der Waals surface area contributed by atoms with E-state index in [-0.39, 0.29) is 18.6 Å². The average molecular weight is 370 g/mol. The SMILES string of the molecule is Cc1cc(N2CCc3cc([C@H](C)O)ccc3C2)nc(N[C@@H](CO)C(C)C)n1. The molecule has 0 amide bonds. The third-order valence-corrected chi connectivity index (χ3v) is 5.21. The lowest BCUT2D eigenvalue weighted by molar-refractivity contribution is 0.199. The van der Waals surface area contributed by atoms with Gasteiger partial charge in [-0.15, -0.1) is 0 Å². The van der Waals surface area contributed by atoms with E-state index < -0.39 is 6.10 Å². The fourth-order valence-corrected chi connectivity index (χ4v) is 3.40. The van der Waals surface area contributed by atoms with Gasteiger partial charge in [0.15, 0.2) is 0 Å². The zero-order valence-electron chi connectivity index (χ0n) is 16.6. The molecule has 1 aromatic heterocycles. The molecular weight excluding hydrogens is 340 g/mol. The van der Waals surface area contributed by atoms with E-state index in [2.05, 4.69) is 41.2 Å². The van der Waals surface area contributed by atoms with Crippen LogP contribution in [0.15, 0.2) is 24.3 Å². The fourth-order valence-electron chi connectivity index (χ4n) is 3.40. The highest BCUT2D eigenvalue weighted by Crippen LogP contribution is 2.27. The van der Waals surface area contributed by atoms with Gasteiger partial charge in [-0.1, -0.05) is 32.0 Å². The summed E-state index contributed by atoms with van der Waals surface area (Å²) in [6.45, 7) is 9.60. The minimum absolute atomic E-state index is 0.0486. The molecule has 0 spiro atoms. The van der Waals surface area contributed by atoms with Crippen molar-refractivity contribution in [2.24, 2.45) is 5.92 Å². The lowest BCUT2D eigenvalue weighted by Crippen LogP contribution is -2.33. The van der Waals surface area contributed by atoms with Gasteiger partial charge >= 0.3 is 0 Å². The van der Waals surface area contributed by atoms with Gasteiger partial charge in [0.1, 0.15) is 5.82 Å². The number of aliphatic hydroxyl groups excluding tert-OH is 2. The maximum Gasteiger partial charge on any atom is 0.225 e. The molecule has 0 fully saturated rings. The largest absolute Gasteiger partial charge is 0.394 e. The Hall–Kier alpha value is -2.18. The summed E-state index contributed by atoms with van der Waals surface area (Å²) in [5, 5.41) is 22.6. The molecule has 3 N–H and O–H groups in total. The zero-order valence-corrected chi connectivity index (χ0v) is 16.6. The van der Waals surface area contributed by atoms with Crippen molar-refractivity contribution in [2.75, 3.05) is 23.4 Å². The van der Waals surface area contributed by atoms with Gasteiger partial charge in [-0.05, 0) is 42.9 Å². The van der Waals surface area contributed by atoms with E-state index >= 15 is 0 Å². The number of anilines is 2. The van der Waals surface area contributed by atoms with Crippen LogP contribution in [-0.4, -0.2) is 39.4 Å². The number of nitrogens with zero attached hydrogens (tertiary/aromatic N) is 3. The van der Waals surface area contributed by atoms with Crippen LogP contribution in [0.1, 0.15) is 49.3 Å². The summed E-state index contributed by atoms with van der Waals surface area (Å²) in [5.41, 5.74) is 4.44. The van der Waals surface area contributed by atoms with Crippen LogP contribution in [0, 0.1) is 12.8 Å². The number of hydrogen-bond donors (Lipinski definition) is 3. The Bertz CT molecular complexity index is 792. The Morgan fingerprint density at radius 1 is 1.15 bits per heavy atom. The Morgan fingerprint density at radius 3 is 2.59 bits per heavy atom. The smallest absolute Gasteiger partial charge is 0.225 e. The monoisotopic (exact) mass is 370 g/mol. The summed E-state index contributed by atoms with van der Waals surface area (Å²) in [4.78, 5) is 11.4. The number of hydrogen-bond acceptors (Lipinski definition) is 6. The van der Waals surface area contributed by atoms with E-state index in [1.54, 1.807) is 6.92 Å². The average Bonchev–Trinajstić information content (AvgIpc) is 2.64. The molecule has 1 aliphatic heterocycles. The molecule has 1 aromatic carbocycles. The fraction of sp³-hybridized carbons (Fsp3) is 0.524. The third-order valence-electron chi connectivity index (χ3n) is 5.21. The first-order valence-corrected chi connectivity index (χ1v) is 9.65. The summed E-state index contributed by atoms with van der Waals surface area (Å²) in [6, 6.07) is 8.16. The summed E-state index contributed by atoms with van der Waals surface area (Å²) >= 11 is 0. The molecule has 0 saturated heterocycles. The highest BCUT2D eigenvalue weighted by atomic mass is 16.3. The van der Waals surface area contributed by atoms with Gasteiger partial charge in [-0.2, -0.15) is 4.98 Å². The summed E-state index contributed by atoms with van der Waals surface area (Å²) in [5.74, 6) is 1.75. The normalized spacial score (nSPS) is 16.2. The van der Waals surface area contributed by atoms with Crippen LogP contribution in [0.25, 0.3) is 0 Å². The third kappa shape index (κ3) is 4.57. The molecule has 6 nitrogen and oxygen atoms in total. The molecule has 6 heteroatoms. The van der Waals surface area contributed by atoms with Crippen molar-refractivity contribution in [3.05, 3.63) is 46.6 Å². The number of nitrogens with one attached hydrogen (secondary N) is 1. The van der Waals surface area contributed by atoms with Crippen LogP contribution in [0.4, 0.5) is 11.8 Å². The quantitative estimate of drug-likeness (QED) is 0.725. The zero-order chi connectivity index (χ0) is 19.6. The van der Waals surface area contributed by atoms with Gasteiger partial charge in [0.2, 0.25) is 5.95 Å². The van der Waals surface area contributed by atoms with Crippen molar-refractivity contribution in [3.63, 3.8) is 0 Å². The highest BCUT2D eigenvalue weighted by molar-refractivity contribution is 5.49. The molecule has 2 atom stereocenters. The van der Waals surface area contributed by atoms with Crippen molar-refractivity contribution in [1.82, 2.24) is 9.97 Å². The predicted molar refractivity (Wildman–Crippen MR) is 108 cm³/mol. The minimum atomic E-state index is -0.438. The topological polar surface area (TPSA) is 81.5 Å². The van der Waals surface area contributed by atoms with Gasteiger partial charge in [0, 0.05) is 24.8 Å². The predicted octanol–water partition coefficient (Wildman–Crippen LogP) is 2.83. The van der Waals surface area contributed by atoms with Crippen LogP contribution in [0.5, 0.6) is 0 Å². The van der Waals surface area contributed by atoms with Gasteiger partial charge in [-0.25, -0.2) is 4.98 Å². The summed E-state index contributed by atoms with van der Waals surface area (Å²) < 4.78 is 0. The van der Waals surface area contributed by atoms with E-state index in [1.807, 2.05) is 19.1 Å². The van der Waals surface area contributed by atoms with Crippen molar-refractivity contribution in [1.29, 1.82) is 0 Å². The van der Waals surface area contributed by atoms with E-state index in [0.29, 0.717) is 5.95 Å². The second-order valence-electron chi connectivity index (χ2n) is 7.74. The second kappa shape index (κ2) is 8.23. The number of aliphatic hydroxyl groups is 2. The van der Waals surface area contributed by atoms with Crippen molar-refractivity contribution < 1.29 is 10.2 Å². The summed E-state index contributed by atoms with van der Waals surface area (Å²) in [6.07, 6.45) is 0.486. The maximum absolute atomic E-state index is 9.80. The number of aromatic nitrogens is 2. The molecule has 3 rings (SSSR count). The summed E-state index contributed by atoms with van der Waals surface area (Å²) in [7, 11) is 0. The number of aryl methyl sites for hydroxylation is 1. The Balaban J connectivity index is 1.81. The lowest BCUT2D eigenvalue weighted by atomic mass is 9.96. The second-order valence-corrected chi connectivity index (χ2v) is 7.74. The molecule has 0 aliphatic carbocycles. The Kier molecular flexibility index (Phi) is 5.97. The van der Waals surface area contributed by atoms with Crippen LogP contribution in [-0.2, 0) is 13.0 Å². The van der Waals surface area contributed by atoms with Crippen LogP contribution < -0.4 is 10.2 Å². The van der Waals surface area contributed by atoms with E-state index in [1.165, 1.54) is 11.1 Å². The first-order valence-electron chi connectivity index (χ1n) is 9.65. The van der Waals surface area contributed by atoms with Gasteiger partial charge in [0.05, 0.1) is 18.8 Å². The standard InChI is InChI=1S/C21H30N4O2/c1-13(2)19(12-26)23-21-22-14(3)9-20(24-21)25-8-7-17-10-16(15(4)27)5-6-18(17)11-25/h5-6,9-10,13,15,19,26-27H,7-8,11-12H2,1-4H3,(H,22,23,24)/t15-,19-/m0/s1. The number of benzene rings is 1. The Morgan fingerprint density at radius 2 is 1.93 bits per heavy atom. The molecule has 2 heterocycles. The molecule has 0 bridgehead atoms. The molecule has 0 saturated carbocycles. The van der Waals surface area contributed by atoms with E-state index in [4.69, 9.17) is 4.98 Å². The molecule has 0 radical (unpaired) electrons. The van der Waals surface area contributed by atoms with Crippen molar-refractivity contribution in [3.8, 4) is 0 Å². The highest BCUT2D eigenvalue weighted by Gasteiger charge is 2.20. The molecular formula is C21H30N4O2. The first-order chi connectivity index (χ1) is 12.9. The van der Waals surface area contributed by atoms with Crippen LogP contribution in [0.3, 0.4) is 0 Å². The minimum Gasteiger partial charge on any atom is -0.394 e. The van der Waals surface area contributed by atoms with Crippen LogP contribution in [0.2, 0.25) is 0 Å². The van der Waals surface area contributed by atoms with Crippen molar-refractivity contribution >= 4 is 11.8 Å². The molecule has 27 heavy (non-hydrogen) atoms. The van der Waals surface area contributed by atoms with Gasteiger partial charge in [-0.3, -0.25) is 0 Å². The number of fused-ring (bicyclic) bond motifs is 1. The van der Waals surface area contributed by atoms with Crippen molar-refractivity contribution in [2.45, 2.75) is 52.8 Å². The van der Waals surface area contributed by atoms with E-state index in [0.717, 1.165) is 36.6 Å². The number of rotatable bonds is 6. The molecule has 1 aliphatic rings. The van der Waals surface area contributed by atoms with E-state index in [9.17, 15) is 10.2 Å². The Labute approximate surface area is 161 Å². The first kappa shape index (κ1) is 19.6. The van der Waals surface area contributed by atoms with Gasteiger partial charge in [0.25, 0.3) is 0 Å². The molecule has 2 aromatic rings. The lowest BCUT2D eigenvalue weighted by Gasteiger charge is -2.31. The van der Waals surface area contributed by atoms with Crippen LogP contribution >= 0.6 is 0 Å².